The Hall–Kier alpha value is -1.48. The highest BCUT2D eigenvalue weighted by Crippen LogP contribution is 2.32. The molecule has 0 aliphatic rings. The van der Waals surface area contributed by atoms with Crippen LogP contribution in [0.2, 0.25) is 0 Å². The number of hydrogen-bond acceptors (Lipinski definition) is 2. The maximum absolute atomic E-state index is 5.92. The topological polar surface area (TPSA) is 35.2 Å². The summed E-state index contributed by atoms with van der Waals surface area (Å²) in [4.78, 5) is 0. The van der Waals surface area contributed by atoms with Crippen molar-refractivity contribution in [1.82, 2.24) is 0 Å². The fourth-order valence-corrected chi connectivity index (χ4v) is 2.09. The van der Waals surface area contributed by atoms with Crippen molar-refractivity contribution < 1.29 is 4.74 Å². The lowest BCUT2D eigenvalue weighted by molar-refractivity contribution is 0.480. The molecule has 0 fully saturated rings. The van der Waals surface area contributed by atoms with E-state index in [0.29, 0.717) is 11.4 Å². The monoisotopic (exact) mass is 319 g/mol. The second kappa shape index (κ2) is 5.25. The van der Waals surface area contributed by atoms with Gasteiger partial charge in [0, 0.05) is 4.47 Å². The molecule has 2 aromatic carbocycles. The van der Waals surface area contributed by atoms with Gasteiger partial charge in [0.1, 0.15) is 5.75 Å². The Morgan fingerprint density at radius 3 is 2.47 bits per heavy atom. The van der Waals surface area contributed by atoms with Gasteiger partial charge in [0.2, 0.25) is 0 Å². The van der Waals surface area contributed by atoms with Crippen molar-refractivity contribution in [2.45, 2.75) is 26.2 Å². The van der Waals surface area contributed by atoms with Crippen LogP contribution in [0.5, 0.6) is 11.5 Å². The lowest BCUT2D eigenvalue weighted by Gasteiger charge is -2.20. The minimum absolute atomic E-state index is 0.0994. The molecule has 0 spiro atoms. The molecule has 2 N–H and O–H groups in total. The summed E-state index contributed by atoms with van der Waals surface area (Å²) in [6.07, 6.45) is 0. The van der Waals surface area contributed by atoms with Gasteiger partial charge < -0.3 is 10.5 Å². The van der Waals surface area contributed by atoms with Gasteiger partial charge in [-0.3, -0.25) is 0 Å². The van der Waals surface area contributed by atoms with E-state index in [9.17, 15) is 0 Å². The first-order chi connectivity index (χ1) is 8.86. The van der Waals surface area contributed by atoms with Gasteiger partial charge in [0.15, 0.2) is 5.75 Å². The van der Waals surface area contributed by atoms with Crippen LogP contribution in [0, 0.1) is 0 Å². The molecule has 0 bridgehead atoms. The molecule has 0 aliphatic carbocycles. The van der Waals surface area contributed by atoms with Crippen LogP contribution in [-0.2, 0) is 5.41 Å². The van der Waals surface area contributed by atoms with Crippen molar-refractivity contribution in [2.24, 2.45) is 0 Å². The van der Waals surface area contributed by atoms with Crippen LogP contribution in [0.15, 0.2) is 46.9 Å². The highest BCUT2D eigenvalue weighted by Gasteiger charge is 2.14. The first-order valence-corrected chi connectivity index (χ1v) is 6.99. The van der Waals surface area contributed by atoms with Crippen LogP contribution in [0.3, 0.4) is 0 Å². The summed E-state index contributed by atoms with van der Waals surface area (Å²) in [6, 6.07) is 13.7. The van der Waals surface area contributed by atoms with E-state index < -0.39 is 0 Å². The lowest BCUT2D eigenvalue weighted by Crippen LogP contribution is -2.10. The van der Waals surface area contributed by atoms with Crippen LogP contribution < -0.4 is 10.5 Å². The first-order valence-electron chi connectivity index (χ1n) is 6.20. The maximum atomic E-state index is 5.92. The van der Waals surface area contributed by atoms with Crippen molar-refractivity contribution in [3.05, 3.63) is 52.5 Å². The van der Waals surface area contributed by atoms with E-state index in [2.05, 4.69) is 48.8 Å². The van der Waals surface area contributed by atoms with Crippen LogP contribution in [0.25, 0.3) is 0 Å². The second-order valence-electron chi connectivity index (χ2n) is 5.56. The van der Waals surface area contributed by atoms with Gasteiger partial charge in [0.05, 0.1) is 5.69 Å². The Balaban J connectivity index is 2.31. The van der Waals surface area contributed by atoms with E-state index in [1.807, 2.05) is 30.3 Å². The third-order valence-corrected chi connectivity index (χ3v) is 3.40. The van der Waals surface area contributed by atoms with Gasteiger partial charge in [0.25, 0.3) is 0 Å². The van der Waals surface area contributed by atoms with Crippen molar-refractivity contribution in [3.63, 3.8) is 0 Å². The van der Waals surface area contributed by atoms with Crippen LogP contribution in [0.1, 0.15) is 26.3 Å². The Morgan fingerprint density at radius 1 is 1.05 bits per heavy atom. The summed E-state index contributed by atoms with van der Waals surface area (Å²) in [5.41, 5.74) is 7.88. The zero-order chi connectivity index (χ0) is 14.0. The fraction of sp³-hybridized carbons (Fsp3) is 0.250. The molecule has 0 atom stereocenters. The van der Waals surface area contributed by atoms with E-state index in [0.717, 1.165) is 10.2 Å². The summed E-state index contributed by atoms with van der Waals surface area (Å²) in [5, 5.41) is 0. The molecule has 2 nitrogen and oxygen atoms in total. The zero-order valence-corrected chi connectivity index (χ0v) is 13.0. The Bertz CT molecular complexity index is 588. The zero-order valence-electron chi connectivity index (χ0n) is 11.4. The Morgan fingerprint density at radius 2 is 1.79 bits per heavy atom. The van der Waals surface area contributed by atoms with E-state index in [1.54, 1.807) is 0 Å². The summed E-state index contributed by atoms with van der Waals surface area (Å²) in [7, 11) is 0. The maximum Gasteiger partial charge on any atom is 0.151 e. The molecule has 100 valence electrons. The molecule has 0 heterocycles. The Kier molecular flexibility index (Phi) is 3.85. The van der Waals surface area contributed by atoms with E-state index in [-0.39, 0.29) is 5.41 Å². The Labute approximate surface area is 122 Å². The summed E-state index contributed by atoms with van der Waals surface area (Å²) < 4.78 is 6.82. The molecule has 2 rings (SSSR count). The van der Waals surface area contributed by atoms with Crippen LogP contribution >= 0.6 is 15.9 Å². The van der Waals surface area contributed by atoms with E-state index in [4.69, 9.17) is 10.5 Å². The summed E-state index contributed by atoms with van der Waals surface area (Å²) in [5.74, 6) is 1.47. The average molecular weight is 320 g/mol. The van der Waals surface area contributed by atoms with Crippen molar-refractivity contribution in [3.8, 4) is 11.5 Å². The number of rotatable bonds is 2. The average Bonchev–Trinajstić information content (AvgIpc) is 2.33. The lowest BCUT2D eigenvalue weighted by atomic mass is 9.87. The van der Waals surface area contributed by atoms with Crippen molar-refractivity contribution >= 4 is 21.6 Å². The SMILES string of the molecule is CC(C)(C)c1cccc(Oc2cc(Br)ccc2N)c1. The van der Waals surface area contributed by atoms with Gasteiger partial charge in [-0.2, -0.15) is 0 Å². The largest absolute Gasteiger partial charge is 0.455 e. The molecule has 19 heavy (non-hydrogen) atoms. The third kappa shape index (κ3) is 3.51. The third-order valence-electron chi connectivity index (χ3n) is 2.90. The smallest absolute Gasteiger partial charge is 0.151 e. The number of anilines is 1. The van der Waals surface area contributed by atoms with Crippen LogP contribution in [0.4, 0.5) is 5.69 Å². The first kappa shape index (κ1) is 13.9. The molecule has 0 radical (unpaired) electrons. The minimum Gasteiger partial charge on any atom is -0.455 e. The summed E-state index contributed by atoms with van der Waals surface area (Å²) in [6.45, 7) is 6.54. The molecular formula is C16H18BrNO. The van der Waals surface area contributed by atoms with Gasteiger partial charge in [-0.05, 0) is 41.3 Å². The van der Waals surface area contributed by atoms with E-state index >= 15 is 0 Å². The number of nitrogen functional groups attached to an aromatic ring is 1. The second-order valence-corrected chi connectivity index (χ2v) is 6.48. The number of hydrogen-bond donors (Lipinski definition) is 1. The molecule has 3 heteroatoms. The quantitative estimate of drug-likeness (QED) is 0.779. The highest BCUT2D eigenvalue weighted by molar-refractivity contribution is 9.10. The molecule has 0 saturated carbocycles. The molecule has 0 aliphatic heterocycles. The number of benzene rings is 2. The van der Waals surface area contributed by atoms with Crippen molar-refractivity contribution in [1.29, 1.82) is 0 Å². The normalized spacial score (nSPS) is 11.4. The van der Waals surface area contributed by atoms with Gasteiger partial charge >= 0.3 is 0 Å². The fourth-order valence-electron chi connectivity index (χ4n) is 1.75. The van der Waals surface area contributed by atoms with Gasteiger partial charge in [-0.25, -0.2) is 0 Å². The predicted octanol–water partition coefficient (Wildman–Crippen LogP) is 5.12. The predicted molar refractivity (Wildman–Crippen MR) is 83.8 cm³/mol. The number of nitrogens with two attached hydrogens (primary N) is 1. The molecule has 0 amide bonds. The van der Waals surface area contributed by atoms with E-state index in [1.165, 1.54) is 5.56 Å². The molecule has 0 saturated heterocycles. The number of ether oxygens (including phenoxy) is 1. The standard InChI is InChI=1S/C16H18BrNO/c1-16(2,3)11-5-4-6-13(9-11)19-15-10-12(17)7-8-14(15)18/h4-10H,18H2,1-3H3. The number of halogens is 1. The van der Waals surface area contributed by atoms with Gasteiger partial charge in [-0.15, -0.1) is 0 Å². The minimum atomic E-state index is 0.0994. The highest BCUT2D eigenvalue weighted by atomic mass is 79.9. The molecule has 0 unspecified atom stereocenters. The molecule has 2 aromatic rings. The van der Waals surface area contributed by atoms with Gasteiger partial charge in [-0.1, -0.05) is 48.8 Å². The summed E-state index contributed by atoms with van der Waals surface area (Å²) >= 11 is 3.42. The molecular weight excluding hydrogens is 302 g/mol. The van der Waals surface area contributed by atoms with Crippen LogP contribution in [-0.4, -0.2) is 0 Å². The molecule has 0 aromatic heterocycles. The van der Waals surface area contributed by atoms with Crippen molar-refractivity contribution in [2.75, 3.05) is 5.73 Å².